The molecule has 1 unspecified atom stereocenters. The Balaban J connectivity index is 1.91. The molecule has 2 aromatic rings. The Hall–Kier alpha value is -1.94. The SMILES string of the molecule is COc1ccc(C2CC(=O)Nc3ccccc3S2)cc1. The molecule has 1 N–H and O–H groups in total. The van der Waals surface area contributed by atoms with Crippen LogP contribution in [0.4, 0.5) is 5.69 Å². The van der Waals surface area contributed by atoms with Gasteiger partial charge in [-0.3, -0.25) is 4.79 Å². The van der Waals surface area contributed by atoms with Crippen LogP contribution < -0.4 is 10.1 Å². The molecule has 1 aliphatic rings. The average molecular weight is 285 g/mol. The number of para-hydroxylation sites is 1. The van der Waals surface area contributed by atoms with Crippen LogP contribution in [0.3, 0.4) is 0 Å². The molecule has 4 heteroatoms. The lowest BCUT2D eigenvalue weighted by molar-refractivity contribution is -0.116. The fourth-order valence-corrected chi connectivity index (χ4v) is 3.48. The number of benzene rings is 2. The van der Waals surface area contributed by atoms with Gasteiger partial charge in [0, 0.05) is 16.6 Å². The first-order valence-electron chi connectivity index (χ1n) is 6.46. The molecule has 3 rings (SSSR count). The fraction of sp³-hybridized carbons (Fsp3) is 0.188. The Bertz CT molecular complexity index is 625. The molecule has 20 heavy (non-hydrogen) atoms. The molecule has 3 nitrogen and oxygen atoms in total. The molecule has 0 bridgehead atoms. The van der Waals surface area contributed by atoms with Gasteiger partial charge in [-0.1, -0.05) is 24.3 Å². The molecule has 0 aromatic heterocycles. The van der Waals surface area contributed by atoms with Crippen LogP contribution >= 0.6 is 11.8 Å². The summed E-state index contributed by atoms with van der Waals surface area (Å²) in [5, 5.41) is 3.09. The van der Waals surface area contributed by atoms with Gasteiger partial charge in [0.2, 0.25) is 5.91 Å². The van der Waals surface area contributed by atoms with Crippen molar-refractivity contribution in [2.45, 2.75) is 16.6 Å². The predicted octanol–water partition coefficient (Wildman–Crippen LogP) is 3.87. The smallest absolute Gasteiger partial charge is 0.225 e. The Morgan fingerprint density at radius 1 is 1.15 bits per heavy atom. The quantitative estimate of drug-likeness (QED) is 0.910. The van der Waals surface area contributed by atoms with E-state index in [0.717, 1.165) is 21.9 Å². The second-order valence-corrected chi connectivity index (χ2v) is 5.87. The maximum Gasteiger partial charge on any atom is 0.225 e. The largest absolute Gasteiger partial charge is 0.497 e. The van der Waals surface area contributed by atoms with Gasteiger partial charge in [0.25, 0.3) is 0 Å². The van der Waals surface area contributed by atoms with Crippen LogP contribution in [-0.4, -0.2) is 13.0 Å². The van der Waals surface area contributed by atoms with Gasteiger partial charge in [-0.15, -0.1) is 11.8 Å². The molecule has 102 valence electrons. The van der Waals surface area contributed by atoms with E-state index in [0.29, 0.717) is 6.42 Å². The maximum absolute atomic E-state index is 12.0. The van der Waals surface area contributed by atoms with Crippen molar-refractivity contribution in [1.29, 1.82) is 0 Å². The van der Waals surface area contributed by atoms with Gasteiger partial charge in [-0.05, 0) is 29.8 Å². The molecule has 0 fully saturated rings. The summed E-state index contributed by atoms with van der Waals surface area (Å²) < 4.78 is 5.17. The van der Waals surface area contributed by atoms with Crippen LogP contribution in [0.2, 0.25) is 0 Å². The summed E-state index contributed by atoms with van der Waals surface area (Å²) in [5.74, 6) is 0.889. The minimum absolute atomic E-state index is 0.0586. The number of fused-ring (bicyclic) bond motifs is 1. The van der Waals surface area contributed by atoms with Crippen molar-refractivity contribution in [2.24, 2.45) is 0 Å². The van der Waals surface area contributed by atoms with Gasteiger partial charge >= 0.3 is 0 Å². The van der Waals surface area contributed by atoms with Crippen molar-refractivity contribution in [3.05, 3.63) is 54.1 Å². The first-order chi connectivity index (χ1) is 9.76. The number of amides is 1. The molecule has 2 aromatic carbocycles. The van der Waals surface area contributed by atoms with Crippen LogP contribution in [0.15, 0.2) is 53.4 Å². The minimum Gasteiger partial charge on any atom is -0.497 e. The summed E-state index contributed by atoms with van der Waals surface area (Å²) in [6, 6.07) is 15.8. The molecular weight excluding hydrogens is 270 g/mol. The third-order valence-electron chi connectivity index (χ3n) is 3.29. The molecule has 0 saturated heterocycles. The van der Waals surface area contributed by atoms with Crippen molar-refractivity contribution in [1.82, 2.24) is 0 Å². The van der Waals surface area contributed by atoms with Crippen LogP contribution in [0.25, 0.3) is 0 Å². The predicted molar refractivity (Wildman–Crippen MR) is 81.3 cm³/mol. The van der Waals surface area contributed by atoms with E-state index in [1.165, 1.54) is 0 Å². The average Bonchev–Trinajstić information content (AvgIpc) is 2.65. The van der Waals surface area contributed by atoms with E-state index in [1.54, 1.807) is 18.9 Å². The molecule has 1 atom stereocenters. The highest BCUT2D eigenvalue weighted by atomic mass is 32.2. The van der Waals surface area contributed by atoms with Crippen LogP contribution in [0.1, 0.15) is 17.2 Å². The van der Waals surface area contributed by atoms with Crippen molar-refractivity contribution >= 4 is 23.4 Å². The van der Waals surface area contributed by atoms with Gasteiger partial charge in [0.1, 0.15) is 5.75 Å². The van der Waals surface area contributed by atoms with E-state index >= 15 is 0 Å². The van der Waals surface area contributed by atoms with E-state index in [-0.39, 0.29) is 11.2 Å². The number of nitrogens with one attached hydrogen (secondary N) is 1. The van der Waals surface area contributed by atoms with E-state index in [2.05, 4.69) is 5.32 Å². The Morgan fingerprint density at radius 3 is 2.65 bits per heavy atom. The Kier molecular flexibility index (Phi) is 3.65. The lowest BCUT2D eigenvalue weighted by Crippen LogP contribution is -2.11. The zero-order valence-electron chi connectivity index (χ0n) is 11.1. The van der Waals surface area contributed by atoms with E-state index in [9.17, 15) is 4.79 Å². The number of hydrogen-bond donors (Lipinski definition) is 1. The molecule has 1 heterocycles. The number of carbonyl (C=O) groups is 1. The van der Waals surface area contributed by atoms with Crippen molar-refractivity contribution in [3.63, 3.8) is 0 Å². The highest BCUT2D eigenvalue weighted by Gasteiger charge is 2.23. The van der Waals surface area contributed by atoms with Gasteiger partial charge < -0.3 is 10.1 Å². The summed E-state index contributed by atoms with van der Waals surface area (Å²) in [6.07, 6.45) is 0.478. The molecule has 0 spiro atoms. The van der Waals surface area contributed by atoms with Gasteiger partial charge in [0.15, 0.2) is 0 Å². The molecule has 1 aliphatic heterocycles. The number of rotatable bonds is 2. The number of methoxy groups -OCH3 is 1. The van der Waals surface area contributed by atoms with Crippen molar-refractivity contribution < 1.29 is 9.53 Å². The second kappa shape index (κ2) is 5.59. The van der Waals surface area contributed by atoms with Gasteiger partial charge in [0.05, 0.1) is 12.8 Å². The number of anilines is 1. The lowest BCUT2D eigenvalue weighted by Gasteiger charge is -2.14. The van der Waals surface area contributed by atoms with Crippen molar-refractivity contribution in [2.75, 3.05) is 12.4 Å². The highest BCUT2D eigenvalue weighted by Crippen LogP contribution is 2.43. The zero-order chi connectivity index (χ0) is 13.9. The zero-order valence-corrected chi connectivity index (χ0v) is 11.9. The summed E-state index contributed by atoms with van der Waals surface area (Å²) in [7, 11) is 1.65. The normalized spacial score (nSPS) is 17.9. The van der Waals surface area contributed by atoms with Crippen LogP contribution in [0, 0.1) is 0 Å². The number of carbonyl (C=O) groups excluding carboxylic acids is 1. The summed E-state index contributed by atoms with van der Waals surface area (Å²) in [5.41, 5.74) is 2.04. The van der Waals surface area contributed by atoms with Crippen LogP contribution in [-0.2, 0) is 4.79 Å². The lowest BCUT2D eigenvalue weighted by atomic mass is 10.1. The summed E-state index contributed by atoms with van der Waals surface area (Å²) in [6.45, 7) is 0. The van der Waals surface area contributed by atoms with Crippen LogP contribution in [0.5, 0.6) is 5.75 Å². The minimum atomic E-state index is 0.0586. The number of thioether (sulfide) groups is 1. The second-order valence-electron chi connectivity index (χ2n) is 4.63. The third kappa shape index (κ3) is 2.65. The first-order valence-corrected chi connectivity index (χ1v) is 7.34. The topological polar surface area (TPSA) is 38.3 Å². The third-order valence-corrected chi connectivity index (χ3v) is 4.62. The monoisotopic (exact) mass is 285 g/mol. The van der Waals surface area contributed by atoms with Gasteiger partial charge in [-0.25, -0.2) is 0 Å². The summed E-state index contributed by atoms with van der Waals surface area (Å²) >= 11 is 1.72. The molecule has 0 aliphatic carbocycles. The van der Waals surface area contributed by atoms with Crippen molar-refractivity contribution in [3.8, 4) is 5.75 Å². The molecule has 0 radical (unpaired) electrons. The standard InChI is InChI=1S/C16H15NO2S/c1-19-12-8-6-11(7-9-12)15-10-16(18)17-13-4-2-3-5-14(13)20-15/h2-9,15H,10H2,1H3,(H,17,18). The number of ether oxygens (including phenoxy) is 1. The Labute approximate surface area is 122 Å². The van der Waals surface area contributed by atoms with E-state index in [4.69, 9.17) is 4.74 Å². The Morgan fingerprint density at radius 2 is 1.90 bits per heavy atom. The highest BCUT2D eigenvalue weighted by molar-refractivity contribution is 7.99. The number of hydrogen-bond acceptors (Lipinski definition) is 3. The fourth-order valence-electron chi connectivity index (χ4n) is 2.24. The van der Waals surface area contributed by atoms with Gasteiger partial charge in [-0.2, -0.15) is 0 Å². The van der Waals surface area contributed by atoms with E-state index < -0.39 is 0 Å². The summed E-state index contributed by atoms with van der Waals surface area (Å²) in [4.78, 5) is 13.1. The maximum atomic E-state index is 12.0. The molecule has 1 amide bonds. The molecule has 0 saturated carbocycles. The molecular formula is C16H15NO2S. The first kappa shape index (κ1) is 13.1. The van der Waals surface area contributed by atoms with E-state index in [1.807, 2.05) is 48.5 Å².